The average molecular weight is 257 g/mol. The molecule has 2 aliphatic heterocycles. The first-order valence-electron chi connectivity index (χ1n) is 5.84. The molecule has 2 heterocycles. The predicted octanol–water partition coefficient (Wildman–Crippen LogP) is 0.0764. The van der Waals surface area contributed by atoms with Crippen LogP contribution in [0.25, 0.3) is 0 Å². The van der Waals surface area contributed by atoms with Crippen LogP contribution in [-0.4, -0.2) is 55.9 Å². The van der Waals surface area contributed by atoms with E-state index in [4.69, 9.17) is 14.2 Å². The molecule has 0 radical (unpaired) electrons. The van der Waals surface area contributed by atoms with Crippen molar-refractivity contribution in [3.05, 3.63) is 11.3 Å². The standard InChI is InChI=1S/C12H19NO5/c1-7-9(10(14)16-3)8-5-12(15,13(7)2)6-18-11(8)17-4/h8,11,15H,5-6H2,1-4H3/t8-,11+,12+/m1/s1. The third-order valence-corrected chi connectivity index (χ3v) is 3.88. The number of carbonyl (C=O) groups excluding carboxylic acids is 1. The number of likely N-dealkylation sites (N-methyl/N-ethyl adjacent to an activating group) is 1. The molecule has 0 aromatic carbocycles. The SMILES string of the molecule is COC(=O)C1=C(C)N(C)[C@@]2(O)CO[C@H](OC)[C@@H]1C2. The highest BCUT2D eigenvalue weighted by atomic mass is 16.7. The van der Waals surface area contributed by atoms with Crippen molar-refractivity contribution in [3.63, 3.8) is 0 Å². The molecule has 102 valence electrons. The molecule has 0 unspecified atom stereocenters. The lowest BCUT2D eigenvalue weighted by atomic mass is 9.81. The number of ether oxygens (including phenoxy) is 3. The monoisotopic (exact) mass is 257 g/mol. The van der Waals surface area contributed by atoms with Gasteiger partial charge in [-0.25, -0.2) is 4.79 Å². The minimum Gasteiger partial charge on any atom is -0.466 e. The molecule has 3 atom stereocenters. The largest absolute Gasteiger partial charge is 0.466 e. The number of carbonyl (C=O) groups is 1. The van der Waals surface area contributed by atoms with Gasteiger partial charge in [0.2, 0.25) is 0 Å². The van der Waals surface area contributed by atoms with E-state index in [1.165, 1.54) is 14.2 Å². The van der Waals surface area contributed by atoms with Gasteiger partial charge in [-0.15, -0.1) is 0 Å². The Hall–Kier alpha value is -1.11. The van der Waals surface area contributed by atoms with E-state index in [1.54, 1.807) is 18.9 Å². The summed E-state index contributed by atoms with van der Waals surface area (Å²) in [5.74, 6) is -0.712. The van der Waals surface area contributed by atoms with E-state index in [0.717, 1.165) is 0 Å². The van der Waals surface area contributed by atoms with Crippen LogP contribution in [0.5, 0.6) is 0 Å². The fourth-order valence-corrected chi connectivity index (χ4v) is 2.71. The van der Waals surface area contributed by atoms with E-state index in [9.17, 15) is 9.90 Å². The van der Waals surface area contributed by atoms with E-state index in [-0.39, 0.29) is 12.5 Å². The number of nitrogens with zero attached hydrogens (tertiary/aromatic N) is 1. The van der Waals surface area contributed by atoms with Crippen LogP contribution in [0.3, 0.4) is 0 Å². The summed E-state index contributed by atoms with van der Waals surface area (Å²) < 4.78 is 15.5. The van der Waals surface area contributed by atoms with Crippen LogP contribution < -0.4 is 0 Å². The number of fused-ring (bicyclic) bond motifs is 2. The van der Waals surface area contributed by atoms with Crippen molar-refractivity contribution in [2.45, 2.75) is 25.4 Å². The molecular weight excluding hydrogens is 238 g/mol. The second-order valence-electron chi connectivity index (χ2n) is 4.76. The van der Waals surface area contributed by atoms with Crippen molar-refractivity contribution in [1.82, 2.24) is 4.90 Å². The van der Waals surface area contributed by atoms with Crippen molar-refractivity contribution in [2.75, 3.05) is 27.9 Å². The normalized spacial score (nSPS) is 35.7. The molecule has 0 amide bonds. The minimum atomic E-state index is -1.08. The van der Waals surface area contributed by atoms with Crippen LogP contribution in [0.1, 0.15) is 13.3 Å². The minimum absolute atomic E-state index is 0.157. The zero-order valence-electron chi connectivity index (χ0n) is 11.1. The number of allylic oxidation sites excluding steroid dienone is 1. The van der Waals surface area contributed by atoms with Crippen molar-refractivity contribution in [2.24, 2.45) is 5.92 Å². The predicted molar refractivity (Wildman–Crippen MR) is 62.3 cm³/mol. The van der Waals surface area contributed by atoms with E-state index in [2.05, 4.69) is 0 Å². The maximum Gasteiger partial charge on any atom is 0.335 e. The Kier molecular flexibility index (Phi) is 3.35. The third-order valence-electron chi connectivity index (χ3n) is 3.88. The van der Waals surface area contributed by atoms with Gasteiger partial charge < -0.3 is 24.2 Å². The first-order valence-corrected chi connectivity index (χ1v) is 5.84. The molecule has 1 N–H and O–H groups in total. The molecule has 2 bridgehead atoms. The smallest absolute Gasteiger partial charge is 0.335 e. The molecule has 0 aromatic heterocycles. The quantitative estimate of drug-likeness (QED) is 0.706. The second kappa shape index (κ2) is 4.53. The van der Waals surface area contributed by atoms with Gasteiger partial charge >= 0.3 is 5.97 Å². The van der Waals surface area contributed by atoms with Crippen LogP contribution in [-0.2, 0) is 19.0 Å². The fraction of sp³-hybridized carbons (Fsp3) is 0.750. The zero-order valence-corrected chi connectivity index (χ0v) is 11.1. The molecule has 2 aliphatic rings. The molecule has 6 nitrogen and oxygen atoms in total. The van der Waals surface area contributed by atoms with E-state index in [0.29, 0.717) is 17.7 Å². The summed E-state index contributed by atoms with van der Waals surface area (Å²) in [6.07, 6.45) is -0.132. The van der Waals surface area contributed by atoms with E-state index in [1.807, 2.05) is 0 Å². The molecule has 18 heavy (non-hydrogen) atoms. The van der Waals surface area contributed by atoms with Crippen molar-refractivity contribution >= 4 is 5.97 Å². The number of methoxy groups -OCH3 is 2. The summed E-state index contributed by atoms with van der Waals surface area (Å²) in [6.45, 7) is 1.95. The highest BCUT2D eigenvalue weighted by Crippen LogP contribution is 2.42. The van der Waals surface area contributed by atoms with Gasteiger partial charge in [0.1, 0.15) is 0 Å². The topological polar surface area (TPSA) is 68.2 Å². The summed E-state index contributed by atoms with van der Waals surface area (Å²) in [5.41, 5.74) is 0.128. The van der Waals surface area contributed by atoms with Crippen LogP contribution in [0.4, 0.5) is 0 Å². The van der Waals surface area contributed by atoms with Crippen LogP contribution in [0.15, 0.2) is 11.3 Å². The van der Waals surface area contributed by atoms with Gasteiger partial charge in [-0.3, -0.25) is 0 Å². The summed E-state index contributed by atoms with van der Waals surface area (Å²) in [7, 11) is 4.61. The van der Waals surface area contributed by atoms with Crippen LogP contribution in [0, 0.1) is 5.92 Å². The highest BCUT2D eigenvalue weighted by molar-refractivity contribution is 5.90. The molecule has 0 spiro atoms. The van der Waals surface area contributed by atoms with Gasteiger partial charge in [0, 0.05) is 32.2 Å². The molecule has 0 aliphatic carbocycles. The number of hydrogen-bond donors (Lipinski definition) is 1. The van der Waals surface area contributed by atoms with Gasteiger partial charge in [0.25, 0.3) is 0 Å². The molecule has 1 fully saturated rings. The van der Waals surface area contributed by atoms with Gasteiger partial charge in [-0.05, 0) is 6.92 Å². The van der Waals surface area contributed by atoms with Crippen molar-refractivity contribution in [1.29, 1.82) is 0 Å². The number of rotatable bonds is 2. The summed E-state index contributed by atoms with van der Waals surface area (Å²) in [5, 5.41) is 10.5. The molecule has 0 saturated carbocycles. The van der Waals surface area contributed by atoms with Gasteiger partial charge in [0.15, 0.2) is 12.0 Å². The lowest BCUT2D eigenvalue weighted by molar-refractivity contribution is -0.264. The van der Waals surface area contributed by atoms with E-state index >= 15 is 0 Å². The maximum absolute atomic E-state index is 11.9. The van der Waals surface area contributed by atoms with Crippen LogP contribution in [0.2, 0.25) is 0 Å². The Morgan fingerprint density at radius 1 is 1.56 bits per heavy atom. The summed E-state index contributed by atoms with van der Waals surface area (Å²) >= 11 is 0. The Labute approximate surface area is 106 Å². The lowest BCUT2D eigenvalue weighted by Crippen LogP contribution is -2.60. The summed E-state index contributed by atoms with van der Waals surface area (Å²) in [4.78, 5) is 13.6. The zero-order chi connectivity index (χ0) is 13.5. The summed E-state index contributed by atoms with van der Waals surface area (Å²) in [6, 6.07) is 0. The Bertz CT molecular complexity index is 394. The first-order chi connectivity index (χ1) is 8.44. The fourth-order valence-electron chi connectivity index (χ4n) is 2.71. The number of esters is 1. The van der Waals surface area contributed by atoms with Crippen LogP contribution >= 0.6 is 0 Å². The van der Waals surface area contributed by atoms with Crippen molar-refractivity contribution in [3.8, 4) is 0 Å². The van der Waals surface area contributed by atoms with Gasteiger partial charge in [-0.1, -0.05) is 0 Å². The third kappa shape index (κ3) is 1.81. The Balaban J connectivity index is 2.46. The number of hydrogen-bond acceptors (Lipinski definition) is 6. The van der Waals surface area contributed by atoms with Gasteiger partial charge in [0.05, 0.1) is 19.3 Å². The first kappa shape index (κ1) is 13.3. The molecule has 1 saturated heterocycles. The average Bonchev–Trinajstić information content (AvgIpc) is 2.36. The Morgan fingerprint density at radius 2 is 2.22 bits per heavy atom. The van der Waals surface area contributed by atoms with Crippen molar-refractivity contribution < 1.29 is 24.1 Å². The Morgan fingerprint density at radius 3 is 2.78 bits per heavy atom. The molecule has 2 rings (SSSR count). The molecule has 6 heteroatoms. The number of aliphatic hydroxyl groups is 1. The molecular formula is C12H19NO5. The molecule has 0 aromatic rings. The lowest BCUT2D eigenvalue weighted by Gasteiger charge is -2.51. The highest BCUT2D eigenvalue weighted by Gasteiger charge is 2.51. The van der Waals surface area contributed by atoms with Gasteiger partial charge in [-0.2, -0.15) is 0 Å². The van der Waals surface area contributed by atoms with E-state index < -0.39 is 18.0 Å². The second-order valence-corrected chi connectivity index (χ2v) is 4.76. The maximum atomic E-state index is 11.9.